The highest BCUT2D eigenvalue weighted by Gasteiger charge is 2.46. The second-order valence-electron chi connectivity index (χ2n) is 14.5. The topological polar surface area (TPSA) is 22.9 Å². The van der Waals surface area contributed by atoms with Gasteiger partial charge in [0.15, 0.2) is 5.58 Å². The molecule has 10 aromatic rings. The maximum absolute atomic E-state index is 6.95. The highest BCUT2D eigenvalue weighted by molar-refractivity contribution is 7.33. The third-order valence-corrected chi connectivity index (χ3v) is 12.6. The van der Waals surface area contributed by atoms with Crippen molar-refractivity contribution in [1.82, 2.24) is 0 Å². The van der Waals surface area contributed by atoms with Crippen molar-refractivity contribution in [2.45, 2.75) is 0 Å². The van der Waals surface area contributed by atoms with Crippen LogP contribution in [0.25, 0.3) is 32.0 Å². The number of benzene rings is 8. The molecular formula is C50H32BN3OS. The Bertz CT molecular complexity index is 3070. The second kappa shape index (κ2) is 12.3. The predicted molar refractivity (Wildman–Crippen MR) is 238 cm³/mol. The van der Waals surface area contributed by atoms with E-state index in [1.165, 1.54) is 31.5 Å². The SMILES string of the molecule is c1ccc(N(c2ccccc2)c2cc3c4c(c2)N(c2ccccc2)c2c(ccc5c2oc2ccccc25)B4c2sc4ccccc4c2N3c2ccccc2)cc1. The van der Waals surface area contributed by atoms with E-state index in [9.17, 15) is 0 Å². The lowest BCUT2D eigenvalue weighted by atomic mass is 9.36. The van der Waals surface area contributed by atoms with Gasteiger partial charge in [-0.05, 0) is 83.7 Å². The number of para-hydroxylation sites is 5. The monoisotopic (exact) mass is 733 g/mol. The Hall–Kier alpha value is -7.02. The zero-order chi connectivity index (χ0) is 36.7. The summed E-state index contributed by atoms with van der Waals surface area (Å²) >= 11 is 1.91. The van der Waals surface area contributed by atoms with E-state index in [1.54, 1.807) is 0 Å². The van der Waals surface area contributed by atoms with Crippen LogP contribution in [-0.4, -0.2) is 6.71 Å². The van der Waals surface area contributed by atoms with Gasteiger partial charge < -0.3 is 19.1 Å². The van der Waals surface area contributed by atoms with Crippen LogP contribution in [-0.2, 0) is 0 Å². The maximum atomic E-state index is 6.95. The molecular weight excluding hydrogens is 701 g/mol. The number of hydrogen-bond acceptors (Lipinski definition) is 5. The number of nitrogens with zero attached hydrogens (tertiary/aromatic N) is 3. The average molecular weight is 734 g/mol. The molecule has 0 saturated heterocycles. The van der Waals surface area contributed by atoms with E-state index in [2.05, 4.69) is 209 Å². The molecule has 56 heavy (non-hydrogen) atoms. The number of thiophene rings is 1. The van der Waals surface area contributed by atoms with Crippen LogP contribution in [0.2, 0.25) is 0 Å². The van der Waals surface area contributed by atoms with Gasteiger partial charge in [-0.15, -0.1) is 11.3 Å². The van der Waals surface area contributed by atoms with Gasteiger partial charge in [-0.3, -0.25) is 0 Å². The number of rotatable bonds is 5. The number of anilines is 9. The molecule has 4 heterocycles. The minimum Gasteiger partial charge on any atom is -0.454 e. The van der Waals surface area contributed by atoms with E-state index < -0.39 is 0 Å². The first-order valence-corrected chi connectivity index (χ1v) is 19.9. The smallest absolute Gasteiger partial charge is 0.264 e. The van der Waals surface area contributed by atoms with E-state index in [0.29, 0.717) is 0 Å². The Morgan fingerprint density at radius 3 is 1.64 bits per heavy atom. The van der Waals surface area contributed by atoms with E-state index in [1.807, 2.05) is 11.3 Å². The fraction of sp³-hybridized carbons (Fsp3) is 0. The fourth-order valence-electron chi connectivity index (χ4n) is 9.09. The first-order chi connectivity index (χ1) is 27.8. The number of fused-ring (bicyclic) bond motifs is 10. The molecule has 2 aliphatic rings. The fourth-order valence-corrected chi connectivity index (χ4v) is 10.4. The van der Waals surface area contributed by atoms with Gasteiger partial charge in [0.1, 0.15) is 5.58 Å². The van der Waals surface area contributed by atoms with Gasteiger partial charge in [-0.1, -0.05) is 121 Å². The summed E-state index contributed by atoms with van der Waals surface area (Å²) in [6.07, 6.45) is 0. The summed E-state index contributed by atoms with van der Waals surface area (Å²) in [5, 5.41) is 3.50. The first kappa shape index (κ1) is 31.3. The van der Waals surface area contributed by atoms with Crippen LogP contribution in [0.15, 0.2) is 199 Å². The van der Waals surface area contributed by atoms with Crippen molar-refractivity contribution < 1.29 is 4.42 Å². The molecule has 0 unspecified atom stereocenters. The molecule has 8 aromatic carbocycles. The zero-order valence-corrected chi connectivity index (χ0v) is 31.0. The van der Waals surface area contributed by atoms with Gasteiger partial charge in [0.2, 0.25) is 0 Å². The van der Waals surface area contributed by atoms with Crippen LogP contribution in [0.4, 0.5) is 51.2 Å². The molecule has 2 aliphatic heterocycles. The maximum Gasteiger partial charge on any atom is 0.264 e. The quantitative estimate of drug-likeness (QED) is 0.164. The lowest BCUT2D eigenvalue weighted by Gasteiger charge is -2.44. The standard InChI is InChI=1S/C50H32BN3OS/c1-5-17-33(18-6-1)52(34-19-7-2-8-20-34)37-31-42-46-43(32-37)54(36-23-11-4-12-24-36)48-41(30-29-39-38-25-13-15-27-44(38)55-49(39)48)51(46)50-47(40-26-14-16-28-45(40)56-50)53(42)35-21-9-3-10-22-35/h1-32H. The number of hydrogen-bond donors (Lipinski definition) is 0. The van der Waals surface area contributed by atoms with E-state index in [-0.39, 0.29) is 6.71 Å². The molecule has 0 atom stereocenters. The van der Waals surface area contributed by atoms with Gasteiger partial charge >= 0.3 is 0 Å². The normalized spacial score (nSPS) is 12.9. The van der Waals surface area contributed by atoms with Crippen molar-refractivity contribution >= 4 is 117 Å². The van der Waals surface area contributed by atoms with E-state index >= 15 is 0 Å². The first-order valence-electron chi connectivity index (χ1n) is 19.1. The highest BCUT2D eigenvalue weighted by Crippen LogP contribution is 2.51. The largest absolute Gasteiger partial charge is 0.454 e. The average Bonchev–Trinajstić information content (AvgIpc) is 3.84. The van der Waals surface area contributed by atoms with Crippen LogP contribution in [0.1, 0.15) is 0 Å². The van der Waals surface area contributed by atoms with Crippen molar-refractivity contribution in [3.8, 4) is 0 Å². The Labute approximate surface area is 328 Å². The lowest BCUT2D eigenvalue weighted by Crippen LogP contribution is -2.60. The summed E-state index contributed by atoms with van der Waals surface area (Å²) in [6, 6.07) is 69.9. The van der Waals surface area contributed by atoms with Gasteiger partial charge in [0.25, 0.3) is 6.71 Å². The predicted octanol–water partition coefficient (Wildman–Crippen LogP) is 12.4. The second-order valence-corrected chi connectivity index (χ2v) is 15.6. The third-order valence-electron chi connectivity index (χ3n) is 11.4. The molecule has 0 radical (unpaired) electrons. The molecule has 4 nitrogen and oxygen atoms in total. The summed E-state index contributed by atoms with van der Waals surface area (Å²) < 4.78 is 9.57. The van der Waals surface area contributed by atoms with Crippen molar-refractivity contribution in [3.63, 3.8) is 0 Å². The van der Waals surface area contributed by atoms with Crippen LogP contribution in [0, 0.1) is 0 Å². The molecule has 0 aliphatic carbocycles. The summed E-state index contributed by atoms with van der Waals surface area (Å²) in [7, 11) is 0. The molecule has 0 saturated carbocycles. The Morgan fingerprint density at radius 2 is 1.00 bits per heavy atom. The lowest BCUT2D eigenvalue weighted by molar-refractivity contribution is 0.669. The minimum atomic E-state index is -0.0316. The molecule has 0 bridgehead atoms. The Kier molecular flexibility index (Phi) is 6.86. The van der Waals surface area contributed by atoms with Crippen LogP contribution in [0.3, 0.4) is 0 Å². The van der Waals surface area contributed by atoms with Gasteiger partial charge in [0.05, 0.1) is 17.1 Å². The van der Waals surface area contributed by atoms with Crippen LogP contribution >= 0.6 is 11.3 Å². The molecule has 0 spiro atoms. The van der Waals surface area contributed by atoms with Gasteiger partial charge in [-0.25, -0.2) is 0 Å². The molecule has 0 N–H and O–H groups in total. The summed E-state index contributed by atoms with van der Waals surface area (Å²) in [4.78, 5) is 7.38. The molecule has 6 heteroatoms. The van der Waals surface area contributed by atoms with Crippen molar-refractivity contribution in [3.05, 3.63) is 194 Å². The van der Waals surface area contributed by atoms with E-state index in [4.69, 9.17) is 4.42 Å². The zero-order valence-electron chi connectivity index (χ0n) is 30.2. The molecule has 12 rings (SSSR count). The minimum absolute atomic E-state index is 0.0316. The molecule has 0 fully saturated rings. The van der Waals surface area contributed by atoms with Crippen LogP contribution < -0.4 is 30.4 Å². The highest BCUT2D eigenvalue weighted by atomic mass is 32.1. The summed E-state index contributed by atoms with van der Waals surface area (Å²) in [6.45, 7) is -0.0316. The summed E-state index contributed by atoms with van der Waals surface area (Å²) in [5.41, 5.74) is 14.4. The molecule has 0 amide bonds. The Balaban J connectivity index is 1.26. The van der Waals surface area contributed by atoms with Crippen molar-refractivity contribution in [2.24, 2.45) is 0 Å². The van der Waals surface area contributed by atoms with Gasteiger partial charge in [-0.2, -0.15) is 0 Å². The van der Waals surface area contributed by atoms with Gasteiger partial charge in [0, 0.05) is 59.8 Å². The molecule has 2 aromatic heterocycles. The Morgan fingerprint density at radius 1 is 0.464 bits per heavy atom. The van der Waals surface area contributed by atoms with E-state index in [0.717, 1.165) is 67.4 Å². The third kappa shape index (κ3) is 4.54. The summed E-state index contributed by atoms with van der Waals surface area (Å²) in [5.74, 6) is 0. The van der Waals surface area contributed by atoms with Crippen molar-refractivity contribution in [1.29, 1.82) is 0 Å². The number of furan rings is 1. The van der Waals surface area contributed by atoms with Crippen molar-refractivity contribution in [2.75, 3.05) is 14.7 Å². The van der Waals surface area contributed by atoms with Crippen LogP contribution in [0.5, 0.6) is 0 Å². The molecule has 262 valence electrons.